The van der Waals surface area contributed by atoms with E-state index >= 15 is 0 Å². The van der Waals surface area contributed by atoms with Crippen molar-refractivity contribution >= 4 is 5.57 Å². The van der Waals surface area contributed by atoms with Crippen LogP contribution >= 0.6 is 0 Å². The zero-order chi connectivity index (χ0) is 15.2. The number of hydrogen-bond acceptors (Lipinski definition) is 3. The Morgan fingerprint density at radius 3 is 2.45 bits per heavy atom. The third kappa shape index (κ3) is 5.25. The predicted molar refractivity (Wildman–Crippen MR) is 85.6 cm³/mol. The molecule has 0 radical (unpaired) electrons. The quantitative estimate of drug-likeness (QED) is 0.800. The van der Waals surface area contributed by atoms with Gasteiger partial charge in [-0.15, -0.1) is 0 Å². The zero-order valence-corrected chi connectivity index (χ0v) is 13.5. The molecule has 0 heterocycles. The number of ether oxygens (including phenoxy) is 2. The zero-order valence-electron chi connectivity index (χ0n) is 13.5. The molecule has 0 aromatic heterocycles. The van der Waals surface area contributed by atoms with Crippen molar-refractivity contribution in [1.29, 1.82) is 0 Å². The maximum absolute atomic E-state index is 5.43. The fourth-order valence-corrected chi connectivity index (χ4v) is 1.97. The molecule has 3 heteroatoms. The van der Waals surface area contributed by atoms with E-state index in [1.807, 2.05) is 18.2 Å². The molecule has 0 aliphatic rings. The first-order valence-corrected chi connectivity index (χ1v) is 7.01. The van der Waals surface area contributed by atoms with Crippen molar-refractivity contribution in [3.05, 3.63) is 29.8 Å². The van der Waals surface area contributed by atoms with Crippen LogP contribution in [-0.2, 0) is 0 Å². The van der Waals surface area contributed by atoms with Gasteiger partial charge in [-0.1, -0.05) is 6.08 Å². The van der Waals surface area contributed by atoms with Crippen molar-refractivity contribution in [3.63, 3.8) is 0 Å². The average molecular weight is 277 g/mol. The Bertz CT molecular complexity index is 459. The van der Waals surface area contributed by atoms with Crippen LogP contribution in [-0.4, -0.2) is 26.3 Å². The van der Waals surface area contributed by atoms with Crippen molar-refractivity contribution in [2.45, 2.75) is 39.7 Å². The van der Waals surface area contributed by atoms with Crippen LogP contribution in [0.2, 0.25) is 0 Å². The van der Waals surface area contributed by atoms with E-state index in [-0.39, 0.29) is 5.54 Å². The minimum Gasteiger partial charge on any atom is -0.497 e. The Kier molecular flexibility index (Phi) is 6.08. The molecule has 0 spiro atoms. The molecule has 112 valence electrons. The Balaban J connectivity index is 2.73. The molecule has 0 amide bonds. The van der Waals surface area contributed by atoms with E-state index in [4.69, 9.17) is 9.47 Å². The molecule has 0 unspecified atom stereocenters. The van der Waals surface area contributed by atoms with Crippen LogP contribution in [0.5, 0.6) is 11.5 Å². The first-order valence-electron chi connectivity index (χ1n) is 7.01. The molecular weight excluding hydrogens is 250 g/mol. The van der Waals surface area contributed by atoms with Gasteiger partial charge in [0.2, 0.25) is 0 Å². The van der Waals surface area contributed by atoms with Crippen LogP contribution in [0.1, 0.15) is 39.7 Å². The largest absolute Gasteiger partial charge is 0.497 e. The Morgan fingerprint density at radius 1 is 1.20 bits per heavy atom. The van der Waals surface area contributed by atoms with Crippen LogP contribution in [0.25, 0.3) is 5.57 Å². The second kappa shape index (κ2) is 7.34. The number of allylic oxidation sites excluding steroid dienone is 1. The minimum absolute atomic E-state index is 0.166. The lowest BCUT2D eigenvalue weighted by Gasteiger charge is -2.20. The van der Waals surface area contributed by atoms with Crippen LogP contribution in [0.4, 0.5) is 0 Å². The van der Waals surface area contributed by atoms with Crippen LogP contribution in [0, 0.1) is 0 Å². The van der Waals surface area contributed by atoms with E-state index in [1.165, 1.54) is 5.57 Å². The maximum atomic E-state index is 5.43. The van der Waals surface area contributed by atoms with Gasteiger partial charge in [0.1, 0.15) is 11.5 Å². The highest BCUT2D eigenvalue weighted by Gasteiger charge is 2.08. The molecule has 0 bridgehead atoms. The van der Waals surface area contributed by atoms with Gasteiger partial charge >= 0.3 is 0 Å². The average Bonchev–Trinajstić information content (AvgIpc) is 2.41. The van der Waals surface area contributed by atoms with Gasteiger partial charge in [-0.3, -0.25) is 0 Å². The summed E-state index contributed by atoms with van der Waals surface area (Å²) < 4.78 is 10.7. The molecule has 0 fully saturated rings. The van der Waals surface area contributed by atoms with E-state index in [0.717, 1.165) is 30.0 Å². The summed E-state index contributed by atoms with van der Waals surface area (Å²) in [5.74, 6) is 1.66. The summed E-state index contributed by atoms with van der Waals surface area (Å²) in [5.41, 5.74) is 2.50. The van der Waals surface area contributed by atoms with Crippen molar-refractivity contribution in [2.75, 3.05) is 20.8 Å². The number of rotatable bonds is 6. The first kappa shape index (κ1) is 16.6. The lowest BCUT2D eigenvalue weighted by atomic mass is 10.0. The fraction of sp³-hybridized carbons (Fsp3) is 0.529. The summed E-state index contributed by atoms with van der Waals surface area (Å²) in [7, 11) is 3.35. The smallest absolute Gasteiger partial charge is 0.130 e. The molecule has 3 nitrogen and oxygen atoms in total. The lowest BCUT2D eigenvalue weighted by molar-refractivity contribution is 0.393. The molecular formula is C17H27NO2. The highest BCUT2D eigenvalue weighted by Crippen LogP contribution is 2.30. The second-order valence-corrected chi connectivity index (χ2v) is 5.92. The third-order valence-corrected chi connectivity index (χ3v) is 3.08. The van der Waals surface area contributed by atoms with E-state index in [9.17, 15) is 0 Å². The number of methoxy groups -OCH3 is 2. The van der Waals surface area contributed by atoms with E-state index in [0.29, 0.717) is 0 Å². The molecule has 0 atom stereocenters. The molecule has 1 aromatic carbocycles. The lowest BCUT2D eigenvalue weighted by Crippen LogP contribution is -2.36. The number of benzene rings is 1. The van der Waals surface area contributed by atoms with Crippen molar-refractivity contribution in [1.82, 2.24) is 5.32 Å². The molecule has 1 aromatic rings. The van der Waals surface area contributed by atoms with Gasteiger partial charge < -0.3 is 14.8 Å². The highest BCUT2D eigenvalue weighted by atomic mass is 16.5. The van der Waals surface area contributed by atoms with E-state index < -0.39 is 0 Å². The fourth-order valence-electron chi connectivity index (χ4n) is 1.97. The molecule has 20 heavy (non-hydrogen) atoms. The monoisotopic (exact) mass is 277 g/mol. The van der Waals surface area contributed by atoms with Gasteiger partial charge in [-0.05, 0) is 58.4 Å². The molecule has 0 aliphatic carbocycles. The van der Waals surface area contributed by atoms with E-state index in [2.05, 4.69) is 39.1 Å². The summed E-state index contributed by atoms with van der Waals surface area (Å²) in [4.78, 5) is 0. The van der Waals surface area contributed by atoms with Crippen LogP contribution in [0.3, 0.4) is 0 Å². The normalized spacial score (nSPS) is 12.4. The molecule has 1 rings (SSSR count). The van der Waals surface area contributed by atoms with Gasteiger partial charge in [0.25, 0.3) is 0 Å². The molecule has 0 saturated carbocycles. The molecule has 0 aliphatic heterocycles. The summed E-state index contributed by atoms with van der Waals surface area (Å²) in [6, 6.07) is 5.92. The number of hydrogen-bond donors (Lipinski definition) is 1. The molecule has 0 saturated heterocycles. The predicted octanol–water partition coefficient (Wildman–Crippen LogP) is 3.89. The van der Waals surface area contributed by atoms with Gasteiger partial charge in [0.15, 0.2) is 0 Å². The summed E-state index contributed by atoms with van der Waals surface area (Å²) in [6.07, 6.45) is 3.24. The summed E-state index contributed by atoms with van der Waals surface area (Å²) >= 11 is 0. The highest BCUT2D eigenvalue weighted by molar-refractivity contribution is 5.69. The van der Waals surface area contributed by atoms with Crippen molar-refractivity contribution in [3.8, 4) is 11.5 Å². The first-order chi connectivity index (χ1) is 9.37. The third-order valence-electron chi connectivity index (χ3n) is 3.08. The minimum atomic E-state index is 0.166. The number of nitrogens with one attached hydrogen (secondary N) is 1. The van der Waals surface area contributed by atoms with Crippen molar-refractivity contribution < 1.29 is 9.47 Å². The molecule has 1 N–H and O–H groups in total. The second-order valence-electron chi connectivity index (χ2n) is 5.92. The van der Waals surface area contributed by atoms with Gasteiger partial charge in [0, 0.05) is 17.2 Å². The summed E-state index contributed by atoms with van der Waals surface area (Å²) in [6.45, 7) is 9.61. The Hall–Kier alpha value is -1.48. The van der Waals surface area contributed by atoms with Gasteiger partial charge in [-0.25, -0.2) is 0 Å². The Labute approximate surface area is 123 Å². The van der Waals surface area contributed by atoms with Crippen LogP contribution < -0.4 is 14.8 Å². The van der Waals surface area contributed by atoms with E-state index in [1.54, 1.807) is 14.2 Å². The van der Waals surface area contributed by atoms with Crippen LogP contribution in [0.15, 0.2) is 24.3 Å². The van der Waals surface area contributed by atoms with Crippen molar-refractivity contribution in [2.24, 2.45) is 0 Å². The Morgan fingerprint density at radius 2 is 1.90 bits per heavy atom. The topological polar surface area (TPSA) is 30.5 Å². The van der Waals surface area contributed by atoms with Gasteiger partial charge in [0.05, 0.1) is 14.2 Å². The standard InChI is InChI=1S/C17H27NO2/c1-13(8-7-11-18-17(2,3)4)15-10-9-14(19-5)12-16(15)20-6/h8-10,12,18H,7,11H2,1-6H3. The summed E-state index contributed by atoms with van der Waals surface area (Å²) in [5, 5.41) is 3.48. The maximum Gasteiger partial charge on any atom is 0.130 e. The SMILES string of the molecule is COc1ccc(C(C)=CCCNC(C)(C)C)c(OC)c1. The van der Waals surface area contributed by atoms with Gasteiger partial charge in [-0.2, -0.15) is 0 Å².